The summed E-state index contributed by atoms with van der Waals surface area (Å²) in [6.45, 7) is 1.29. The molecule has 0 saturated carbocycles. The quantitative estimate of drug-likeness (QED) is 0.621. The average Bonchev–Trinajstić information content (AvgIpc) is 2.09. The molecule has 1 rings (SSSR count). The second-order valence-electron chi connectivity index (χ2n) is 3.05. The van der Waals surface area contributed by atoms with Gasteiger partial charge in [0.2, 0.25) is 0 Å². The average molecular weight is 175 g/mol. The van der Waals surface area contributed by atoms with Crippen LogP contribution in [-0.2, 0) is 9.53 Å². The first kappa shape index (κ1) is 9.45. The zero-order chi connectivity index (χ0) is 8.97. The summed E-state index contributed by atoms with van der Waals surface area (Å²) in [5.41, 5.74) is 0. The summed E-state index contributed by atoms with van der Waals surface area (Å²) in [4.78, 5) is 10.8. The smallest absolute Gasteiger partial charge is 0.305 e. The first-order valence-electron chi connectivity index (χ1n) is 4.15. The first-order valence-corrected chi connectivity index (χ1v) is 4.15. The van der Waals surface area contributed by atoms with Crippen LogP contribution in [0.4, 0.5) is 4.39 Å². The van der Waals surface area contributed by atoms with Gasteiger partial charge in [-0.2, -0.15) is 0 Å². The van der Waals surface area contributed by atoms with E-state index in [-0.39, 0.29) is 18.3 Å². The fourth-order valence-electron chi connectivity index (χ4n) is 1.39. The Balaban J connectivity index is 2.33. The number of carbonyl (C=O) groups excluding carboxylic acids is 1. The Morgan fingerprint density at radius 2 is 2.50 bits per heavy atom. The van der Waals surface area contributed by atoms with Crippen LogP contribution in [0.5, 0.6) is 0 Å². The summed E-state index contributed by atoms with van der Waals surface area (Å²) in [5, 5.41) is 3.05. The minimum atomic E-state index is -0.856. The van der Waals surface area contributed by atoms with Gasteiger partial charge in [-0.25, -0.2) is 4.39 Å². The van der Waals surface area contributed by atoms with Gasteiger partial charge < -0.3 is 10.1 Å². The summed E-state index contributed by atoms with van der Waals surface area (Å²) in [6.07, 6.45) is -0.169. The molecule has 0 amide bonds. The van der Waals surface area contributed by atoms with Gasteiger partial charge in [0.15, 0.2) is 0 Å². The SMILES string of the molecule is COC(=O)C[C@H]1CNCC[C@H]1F. The van der Waals surface area contributed by atoms with Crippen molar-refractivity contribution in [2.45, 2.75) is 19.0 Å². The Labute approximate surface area is 71.3 Å². The van der Waals surface area contributed by atoms with Crippen molar-refractivity contribution in [1.82, 2.24) is 5.32 Å². The molecule has 3 nitrogen and oxygen atoms in total. The van der Waals surface area contributed by atoms with Crippen LogP contribution in [0.15, 0.2) is 0 Å². The molecular formula is C8H14FNO2. The van der Waals surface area contributed by atoms with E-state index in [4.69, 9.17) is 0 Å². The fraction of sp³-hybridized carbons (Fsp3) is 0.875. The summed E-state index contributed by atoms with van der Waals surface area (Å²) in [5.74, 6) is -0.530. The van der Waals surface area contributed by atoms with Crippen LogP contribution < -0.4 is 5.32 Å². The number of hydrogen-bond donors (Lipinski definition) is 1. The number of alkyl halides is 1. The number of halogens is 1. The number of esters is 1. The van der Waals surface area contributed by atoms with Crippen molar-refractivity contribution in [1.29, 1.82) is 0 Å². The highest BCUT2D eigenvalue weighted by molar-refractivity contribution is 5.69. The number of nitrogens with one attached hydrogen (secondary N) is 1. The maximum absolute atomic E-state index is 13.1. The zero-order valence-corrected chi connectivity index (χ0v) is 7.18. The summed E-state index contributed by atoms with van der Waals surface area (Å²) in [7, 11) is 1.33. The summed E-state index contributed by atoms with van der Waals surface area (Å²) >= 11 is 0. The Kier molecular flexibility index (Phi) is 3.47. The Bertz CT molecular complexity index is 163. The van der Waals surface area contributed by atoms with E-state index < -0.39 is 6.17 Å². The molecule has 4 heteroatoms. The Hall–Kier alpha value is -0.640. The predicted octanol–water partition coefficient (Wildman–Crippen LogP) is 0.497. The van der Waals surface area contributed by atoms with Crippen molar-refractivity contribution in [3.63, 3.8) is 0 Å². The van der Waals surface area contributed by atoms with Crippen LogP contribution in [-0.4, -0.2) is 32.3 Å². The third-order valence-electron chi connectivity index (χ3n) is 2.17. The van der Waals surface area contributed by atoms with Gasteiger partial charge >= 0.3 is 5.97 Å². The zero-order valence-electron chi connectivity index (χ0n) is 7.18. The Morgan fingerprint density at radius 1 is 1.75 bits per heavy atom. The molecule has 0 spiro atoms. The van der Waals surface area contributed by atoms with E-state index >= 15 is 0 Å². The van der Waals surface area contributed by atoms with Crippen LogP contribution >= 0.6 is 0 Å². The van der Waals surface area contributed by atoms with E-state index in [1.165, 1.54) is 7.11 Å². The highest BCUT2D eigenvalue weighted by Gasteiger charge is 2.26. The monoisotopic (exact) mass is 175 g/mol. The second-order valence-corrected chi connectivity index (χ2v) is 3.05. The molecule has 0 aliphatic carbocycles. The minimum Gasteiger partial charge on any atom is -0.469 e. The number of rotatable bonds is 2. The van der Waals surface area contributed by atoms with Crippen molar-refractivity contribution in [3.8, 4) is 0 Å². The lowest BCUT2D eigenvalue weighted by Crippen LogP contribution is -2.38. The lowest BCUT2D eigenvalue weighted by Gasteiger charge is -2.25. The van der Waals surface area contributed by atoms with E-state index in [1.54, 1.807) is 0 Å². The topological polar surface area (TPSA) is 38.3 Å². The number of methoxy groups -OCH3 is 1. The maximum atomic E-state index is 13.1. The van der Waals surface area contributed by atoms with E-state index in [0.29, 0.717) is 19.5 Å². The third-order valence-corrected chi connectivity index (χ3v) is 2.17. The molecule has 0 radical (unpaired) electrons. The van der Waals surface area contributed by atoms with E-state index in [2.05, 4.69) is 10.1 Å². The highest BCUT2D eigenvalue weighted by Crippen LogP contribution is 2.18. The molecule has 0 bridgehead atoms. The van der Waals surface area contributed by atoms with Gasteiger partial charge in [-0.05, 0) is 13.0 Å². The van der Waals surface area contributed by atoms with Crippen LogP contribution in [0.3, 0.4) is 0 Å². The third kappa shape index (κ3) is 2.44. The molecule has 1 saturated heterocycles. The van der Waals surface area contributed by atoms with Crippen molar-refractivity contribution in [2.75, 3.05) is 20.2 Å². The van der Waals surface area contributed by atoms with Crippen molar-refractivity contribution >= 4 is 5.97 Å². The molecule has 2 atom stereocenters. The van der Waals surface area contributed by atoms with Gasteiger partial charge in [-0.1, -0.05) is 0 Å². The normalized spacial score (nSPS) is 29.8. The van der Waals surface area contributed by atoms with E-state index in [0.717, 1.165) is 0 Å². The van der Waals surface area contributed by atoms with Gasteiger partial charge in [0.05, 0.1) is 13.5 Å². The van der Waals surface area contributed by atoms with Crippen LogP contribution in [0, 0.1) is 5.92 Å². The molecule has 1 aliphatic rings. The molecule has 0 aromatic heterocycles. The minimum absolute atomic E-state index is 0.185. The number of carbonyl (C=O) groups is 1. The lowest BCUT2D eigenvalue weighted by atomic mass is 9.94. The molecule has 70 valence electrons. The maximum Gasteiger partial charge on any atom is 0.305 e. The van der Waals surface area contributed by atoms with Crippen LogP contribution in [0.25, 0.3) is 0 Å². The van der Waals surface area contributed by atoms with Gasteiger partial charge in [0.25, 0.3) is 0 Å². The molecule has 0 unspecified atom stereocenters. The molecular weight excluding hydrogens is 161 g/mol. The largest absolute Gasteiger partial charge is 0.469 e. The second kappa shape index (κ2) is 4.40. The summed E-state index contributed by atoms with van der Waals surface area (Å²) in [6, 6.07) is 0. The molecule has 12 heavy (non-hydrogen) atoms. The van der Waals surface area contributed by atoms with E-state index in [1.807, 2.05) is 0 Å². The first-order chi connectivity index (χ1) is 5.74. The fourth-order valence-corrected chi connectivity index (χ4v) is 1.39. The Morgan fingerprint density at radius 3 is 3.08 bits per heavy atom. The molecule has 1 fully saturated rings. The van der Waals surface area contributed by atoms with Gasteiger partial charge in [-0.3, -0.25) is 4.79 Å². The van der Waals surface area contributed by atoms with Crippen LogP contribution in [0.1, 0.15) is 12.8 Å². The molecule has 0 aromatic carbocycles. The number of piperidine rings is 1. The highest BCUT2D eigenvalue weighted by atomic mass is 19.1. The number of ether oxygens (including phenoxy) is 1. The molecule has 1 aliphatic heterocycles. The molecule has 0 aromatic rings. The van der Waals surface area contributed by atoms with Gasteiger partial charge in [-0.15, -0.1) is 0 Å². The van der Waals surface area contributed by atoms with Crippen LogP contribution in [0.2, 0.25) is 0 Å². The molecule has 1 N–H and O–H groups in total. The lowest BCUT2D eigenvalue weighted by molar-refractivity contribution is -0.142. The standard InChI is InChI=1S/C8H14FNO2/c1-12-8(11)4-6-5-10-3-2-7(6)9/h6-7,10H,2-5H2,1H3/t6-,7+/m0/s1. The molecule has 1 heterocycles. The van der Waals surface area contributed by atoms with Crippen molar-refractivity contribution in [3.05, 3.63) is 0 Å². The van der Waals surface area contributed by atoms with Gasteiger partial charge in [0, 0.05) is 12.5 Å². The van der Waals surface area contributed by atoms with E-state index in [9.17, 15) is 9.18 Å². The number of hydrogen-bond acceptors (Lipinski definition) is 3. The predicted molar refractivity (Wildman–Crippen MR) is 42.5 cm³/mol. The van der Waals surface area contributed by atoms with Gasteiger partial charge in [0.1, 0.15) is 6.17 Å². The van der Waals surface area contributed by atoms with Crippen molar-refractivity contribution in [2.24, 2.45) is 5.92 Å². The van der Waals surface area contributed by atoms with Crippen molar-refractivity contribution < 1.29 is 13.9 Å². The summed E-state index contributed by atoms with van der Waals surface area (Å²) < 4.78 is 17.6.